The summed E-state index contributed by atoms with van der Waals surface area (Å²) in [6.07, 6.45) is 3.08. The molecule has 1 rings (SSSR count). The summed E-state index contributed by atoms with van der Waals surface area (Å²) < 4.78 is 13.3. The summed E-state index contributed by atoms with van der Waals surface area (Å²) in [7, 11) is 0. The van der Waals surface area contributed by atoms with E-state index < -0.39 is 6.17 Å². The van der Waals surface area contributed by atoms with Crippen molar-refractivity contribution >= 4 is 5.91 Å². The van der Waals surface area contributed by atoms with Crippen molar-refractivity contribution in [1.29, 1.82) is 5.26 Å². The number of nitriles is 1. The SMILES string of the molecule is CC(C)(C)NC(=O)/C=C/CN1CC(F)CC1CC#N. The maximum absolute atomic E-state index is 13.3. The van der Waals surface area contributed by atoms with Gasteiger partial charge in [-0.25, -0.2) is 4.39 Å². The lowest BCUT2D eigenvalue weighted by Crippen LogP contribution is -2.39. The average molecular weight is 267 g/mol. The molecule has 1 saturated heterocycles. The van der Waals surface area contributed by atoms with Crippen LogP contribution in [0.1, 0.15) is 33.6 Å². The fraction of sp³-hybridized carbons (Fsp3) is 0.714. The Morgan fingerprint density at radius 1 is 1.58 bits per heavy atom. The molecule has 0 aromatic heterocycles. The number of likely N-dealkylation sites (tertiary alicyclic amines) is 1. The highest BCUT2D eigenvalue weighted by molar-refractivity contribution is 5.87. The number of amides is 1. The molecule has 1 fully saturated rings. The summed E-state index contributed by atoms with van der Waals surface area (Å²) in [5, 5.41) is 11.5. The number of hydrogen-bond acceptors (Lipinski definition) is 3. The summed E-state index contributed by atoms with van der Waals surface area (Å²) >= 11 is 0. The van der Waals surface area contributed by atoms with Gasteiger partial charge in [0.1, 0.15) is 6.17 Å². The molecular weight excluding hydrogens is 245 g/mol. The second-order valence-corrected chi connectivity index (χ2v) is 5.94. The van der Waals surface area contributed by atoms with Gasteiger partial charge in [-0.1, -0.05) is 6.08 Å². The second kappa shape index (κ2) is 6.67. The molecule has 1 amide bonds. The molecule has 4 nitrogen and oxygen atoms in total. The number of halogens is 1. The molecule has 0 spiro atoms. The van der Waals surface area contributed by atoms with Crippen molar-refractivity contribution in [1.82, 2.24) is 10.2 Å². The van der Waals surface area contributed by atoms with Crippen LogP contribution in [-0.4, -0.2) is 41.6 Å². The highest BCUT2D eigenvalue weighted by atomic mass is 19.1. The van der Waals surface area contributed by atoms with Crippen LogP contribution >= 0.6 is 0 Å². The van der Waals surface area contributed by atoms with E-state index in [2.05, 4.69) is 11.4 Å². The lowest BCUT2D eigenvalue weighted by molar-refractivity contribution is -0.117. The van der Waals surface area contributed by atoms with Crippen LogP contribution in [-0.2, 0) is 4.79 Å². The number of nitrogens with one attached hydrogen (secondary N) is 1. The van der Waals surface area contributed by atoms with Crippen molar-refractivity contribution in [2.45, 2.75) is 51.4 Å². The van der Waals surface area contributed by atoms with Crippen molar-refractivity contribution in [3.05, 3.63) is 12.2 Å². The standard InChI is InChI=1S/C14H22FN3O/c1-14(2,3)17-13(19)5-4-8-18-10-11(15)9-12(18)6-7-16/h4-5,11-12H,6,8-10H2,1-3H3,(H,17,19)/b5-4+. The quantitative estimate of drug-likeness (QED) is 0.790. The Hall–Kier alpha value is -1.41. The van der Waals surface area contributed by atoms with Gasteiger partial charge in [-0.3, -0.25) is 9.69 Å². The first-order valence-corrected chi connectivity index (χ1v) is 6.55. The summed E-state index contributed by atoms with van der Waals surface area (Å²) in [6.45, 7) is 6.59. The number of carbonyl (C=O) groups excluding carboxylic acids is 1. The van der Waals surface area contributed by atoms with Gasteiger partial charge in [0.05, 0.1) is 12.5 Å². The Morgan fingerprint density at radius 2 is 2.26 bits per heavy atom. The van der Waals surface area contributed by atoms with Gasteiger partial charge in [-0.2, -0.15) is 5.26 Å². The summed E-state index contributed by atoms with van der Waals surface area (Å²) in [5.41, 5.74) is -0.261. The van der Waals surface area contributed by atoms with E-state index >= 15 is 0 Å². The third-order valence-corrected chi connectivity index (χ3v) is 2.91. The van der Waals surface area contributed by atoms with Crippen molar-refractivity contribution in [3.63, 3.8) is 0 Å². The van der Waals surface area contributed by atoms with Crippen LogP contribution in [0.2, 0.25) is 0 Å². The zero-order valence-electron chi connectivity index (χ0n) is 11.8. The smallest absolute Gasteiger partial charge is 0.244 e. The number of rotatable bonds is 4. The van der Waals surface area contributed by atoms with E-state index in [1.807, 2.05) is 25.7 Å². The van der Waals surface area contributed by atoms with Crippen molar-refractivity contribution in [2.75, 3.05) is 13.1 Å². The number of nitrogens with zero attached hydrogens (tertiary/aromatic N) is 2. The molecule has 0 aromatic rings. The maximum atomic E-state index is 13.3. The monoisotopic (exact) mass is 267 g/mol. The zero-order valence-corrected chi connectivity index (χ0v) is 11.8. The Morgan fingerprint density at radius 3 is 2.84 bits per heavy atom. The molecule has 2 unspecified atom stereocenters. The number of alkyl halides is 1. The van der Waals surface area contributed by atoms with Gasteiger partial charge in [0.25, 0.3) is 0 Å². The molecular formula is C14H22FN3O. The van der Waals surface area contributed by atoms with Crippen LogP contribution in [0.25, 0.3) is 0 Å². The van der Waals surface area contributed by atoms with Crippen LogP contribution in [0.4, 0.5) is 4.39 Å². The lowest BCUT2D eigenvalue weighted by Gasteiger charge is -2.20. The van der Waals surface area contributed by atoms with Gasteiger partial charge >= 0.3 is 0 Å². The first kappa shape index (κ1) is 15.6. The molecule has 5 heteroatoms. The van der Waals surface area contributed by atoms with Crippen LogP contribution in [0.15, 0.2) is 12.2 Å². The molecule has 0 aliphatic carbocycles. The molecule has 0 saturated carbocycles. The highest BCUT2D eigenvalue weighted by Crippen LogP contribution is 2.22. The van der Waals surface area contributed by atoms with Crippen LogP contribution < -0.4 is 5.32 Å². The Balaban J connectivity index is 2.43. The van der Waals surface area contributed by atoms with Gasteiger partial charge in [-0.15, -0.1) is 0 Å². The second-order valence-electron chi connectivity index (χ2n) is 5.94. The van der Waals surface area contributed by atoms with Crippen LogP contribution in [0.3, 0.4) is 0 Å². The van der Waals surface area contributed by atoms with E-state index in [-0.39, 0.29) is 17.5 Å². The van der Waals surface area contributed by atoms with E-state index in [4.69, 9.17) is 5.26 Å². The molecule has 0 radical (unpaired) electrons. The third kappa shape index (κ3) is 5.84. The Kier molecular flexibility index (Phi) is 5.49. The maximum Gasteiger partial charge on any atom is 0.244 e. The fourth-order valence-electron chi connectivity index (χ4n) is 2.17. The zero-order chi connectivity index (χ0) is 14.5. The van der Waals surface area contributed by atoms with Gasteiger partial charge in [0.2, 0.25) is 5.91 Å². The molecule has 0 bridgehead atoms. The Bertz CT molecular complexity index is 381. The minimum Gasteiger partial charge on any atom is -0.348 e. The minimum absolute atomic E-state index is 0.0321. The summed E-state index contributed by atoms with van der Waals surface area (Å²) in [4.78, 5) is 13.5. The predicted octanol–water partition coefficient (Wildman–Crippen LogP) is 1.78. The van der Waals surface area contributed by atoms with Gasteiger partial charge in [-0.05, 0) is 27.2 Å². The molecule has 1 aliphatic rings. The van der Waals surface area contributed by atoms with Crippen molar-refractivity contribution < 1.29 is 9.18 Å². The predicted molar refractivity (Wildman–Crippen MR) is 72.1 cm³/mol. The van der Waals surface area contributed by atoms with Crippen LogP contribution in [0.5, 0.6) is 0 Å². The van der Waals surface area contributed by atoms with Gasteiger partial charge in [0.15, 0.2) is 0 Å². The van der Waals surface area contributed by atoms with Gasteiger partial charge in [0, 0.05) is 30.7 Å². The van der Waals surface area contributed by atoms with E-state index in [9.17, 15) is 9.18 Å². The van der Waals surface area contributed by atoms with E-state index in [1.54, 1.807) is 6.08 Å². The normalized spacial score (nSPS) is 24.6. The summed E-state index contributed by atoms with van der Waals surface area (Å²) in [5.74, 6) is -0.152. The number of hydrogen-bond donors (Lipinski definition) is 1. The minimum atomic E-state index is -0.866. The van der Waals surface area contributed by atoms with Crippen molar-refractivity contribution in [3.8, 4) is 6.07 Å². The molecule has 1 aliphatic heterocycles. The third-order valence-electron chi connectivity index (χ3n) is 2.91. The van der Waals surface area contributed by atoms with Gasteiger partial charge < -0.3 is 5.32 Å². The first-order chi connectivity index (χ1) is 8.81. The fourth-order valence-corrected chi connectivity index (χ4v) is 2.17. The van der Waals surface area contributed by atoms with E-state index in [0.717, 1.165) is 0 Å². The van der Waals surface area contributed by atoms with E-state index in [0.29, 0.717) is 25.9 Å². The van der Waals surface area contributed by atoms with Crippen molar-refractivity contribution in [2.24, 2.45) is 0 Å². The summed E-state index contributed by atoms with van der Waals surface area (Å²) in [6, 6.07) is 2.05. The lowest BCUT2D eigenvalue weighted by atomic mass is 10.1. The van der Waals surface area contributed by atoms with Crippen LogP contribution in [0, 0.1) is 11.3 Å². The highest BCUT2D eigenvalue weighted by Gasteiger charge is 2.30. The topological polar surface area (TPSA) is 56.1 Å². The largest absolute Gasteiger partial charge is 0.348 e. The molecule has 106 valence electrons. The molecule has 1 heterocycles. The molecule has 1 N–H and O–H groups in total. The number of carbonyl (C=O) groups is 1. The first-order valence-electron chi connectivity index (χ1n) is 6.55. The molecule has 19 heavy (non-hydrogen) atoms. The van der Waals surface area contributed by atoms with E-state index in [1.165, 1.54) is 6.08 Å². The average Bonchev–Trinajstić information content (AvgIpc) is 2.57. The molecule has 0 aromatic carbocycles. The molecule has 2 atom stereocenters. The Labute approximate surface area is 114 Å².